The van der Waals surface area contributed by atoms with E-state index in [1.54, 1.807) is 42.5 Å². The molecule has 1 atom stereocenters. The molecule has 35 heavy (non-hydrogen) atoms. The highest BCUT2D eigenvalue weighted by atomic mass is 32.2. The van der Waals surface area contributed by atoms with Crippen LogP contribution >= 0.6 is 0 Å². The van der Waals surface area contributed by atoms with Crippen LogP contribution in [0.15, 0.2) is 58.4 Å². The Morgan fingerprint density at radius 3 is 2.57 bits per heavy atom. The van der Waals surface area contributed by atoms with Crippen molar-refractivity contribution < 1.29 is 27.5 Å². The first-order valence-corrected chi connectivity index (χ1v) is 12.8. The Morgan fingerprint density at radius 2 is 1.80 bits per heavy atom. The molecule has 2 aromatic rings. The van der Waals surface area contributed by atoms with Gasteiger partial charge in [-0.3, -0.25) is 24.2 Å². The molecule has 1 spiro atoms. The lowest BCUT2D eigenvalue weighted by molar-refractivity contribution is -0.149. The van der Waals surface area contributed by atoms with Crippen molar-refractivity contribution in [3.05, 3.63) is 54.1 Å². The van der Waals surface area contributed by atoms with Crippen LogP contribution in [0.5, 0.6) is 0 Å². The zero-order valence-electron chi connectivity index (χ0n) is 19.0. The highest BCUT2D eigenvalue weighted by Gasteiger charge is 2.52. The summed E-state index contributed by atoms with van der Waals surface area (Å²) >= 11 is 0. The largest absolute Gasteiger partial charge is 0.454 e. The van der Waals surface area contributed by atoms with E-state index in [1.807, 2.05) is 0 Å². The third-order valence-electron chi connectivity index (χ3n) is 6.59. The van der Waals surface area contributed by atoms with Gasteiger partial charge in [0.15, 0.2) is 6.61 Å². The van der Waals surface area contributed by atoms with Gasteiger partial charge in [-0.15, -0.1) is 0 Å². The lowest BCUT2D eigenvalue weighted by atomic mass is 9.90. The van der Waals surface area contributed by atoms with Gasteiger partial charge >= 0.3 is 5.97 Å². The standard InChI is InChI=1S/C24H24N4O6S/c1-15(25-21-16-8-2-5-11-19(16)35(32,33)27-21)22(30)34-14-20(29)28-18-10-4-3-9-17(18)26-23(31)24(28)12-6-7-13-24/h2-5,8-11,15H,6-7,12-14H2,1H3,(H,25,27)(H,26,31)/t15-/m0/s1. The number of aliphatic imine (C=N–C) groups is 1. The van der Waals surface area contributed by atoms with Gasteiger partial charge in [0.1, 0.15) is 17.4 Å². The van der Waals surface area contributed by atoms with Gasteiger partial charge in [-0.05, 0) is 44.0 Å². The van der Waals surface area contributed by atoms with E-state index in [2.05, 4.69) is 15.0 Å². The number of para-hydroxylation sites is 2. The number of amides is 2. The quantitative estimate of drug-likeness (QED) is 0.622. The molecule has 0 unspecified atom stereocenters. The van der Waals surface area contributed by atoms with Crippen LogP contribution in [0.25, 0.3) is 0 Å². The minimum atomic E-state index is -3.74. The fourth-order valence-corrected chi connectivity index (χ4v) is 6.16. The van der Waals surface area contributed by atoms with Crippen molar-refractivity contribution in [2.45, 2.75) is 49.1 Å². The maximum absolute atomic E-state index is 13.3. The maximum atomic E-state index is 13.3. The normalized spacial score (nSPS) is 21.1. The summed E-state index contributed by atoms with van der Waals surface area (Å²) in [6.07, 6.45) is 2.67. The van der Waals surface area contributed by atoms with Gasteiger partial charge in [-0.25, -0.2) is 13.2 Å². The Morgan fingerprint density at radius 1 is 1.11 bits per heavy atom. The van der Waals surface area contributed by atoms with E-state index in [-0.39, 0.29) is 16.6 Å². The van der Waals surface area contributed by atoms with Gasteiger partial charge in [0.05, 0.1) is 16.3 Å². The van der Waals surface area contributed by atoms with Crippen LogP contribution in [0.2, 0.25) is 0 Å². The van der Waals surface area contributed by atoms with Crippen LogP contribution in [0, 0.1) is 0 Å². The van der Waals surface area contributed by atoms with E-state index in [0.29, 0.717) is 29.8 Å². The zero-order valence-corrected chi connectivity index (χ0v) is 19.8. The number of hydrogen-bond donors (Lipinski definition) is 2. The summed E-state index contributed by atoms with van der Waals surface area (Å²) < 4.78 is 32.1. The van der Waals surface area contributed by atoms with Crippen LogP contribution in [0.4, 0.5) is 11.4 Å². The predicted molar refractivity (Wildman–Crippen MR) is 127 cm³/mol. The van der Waals surface area contributed by atoms with Gasteiger partial charge in [0, 0.05) is 5.56 Å². The average molecular weight is 497 g/mol. The molecular weight excluding hydrogens is 472 g/mol. The summed E-state index contributed by atoms with van der Waals surface area (Å²) in [5.41, 5.74) is 0.458. The van der Waals surface area contributed by atoms with Crippen LogP contribution in [0.3, 0.4) is 0 Å². The number of hydrogen-bond acceptors (Lipinski definition) is 7. The van der Waals surface area contributed by atoms with Gasteiger partial charge < -0.3 is 10.1 Å². The molecule has 0 bridgehead atoms. The van der Waals surface area contributed by atoms with Crippen LogP contribution in [0.1, 0.15) is 38.2 Å². The number of fused-ring (bicyclic) bond motifs is 2. The van der Waals surface area contributed by atoms with Crippen LogP contribution in [-0.2, 0) is 29.1 Å². The van der Waals surface area contributed by atoms with Crippen molar-refractivity contribution in [2.75, 3.05) is 16.8 Å². The molecule has 1 aliphatic carbocycles. The second-order valence-electron chi connectivity index (χ2n) is 8.80. The molecule has 3 aliphatic rings. The van der Waals surface area contributed by atoms with Crippen LogP contribution in [-0.4, -0.2) is 50.2 Å². The van der Waals surface area contributed by atoms with Crippen molar-refractivity contribution in [3.63, 3.8) is 0 Å². The monoisotopic (exact) mass is 496 g/mol. The molecule has 10 nitrogen and oxygen atoms in total. The molecule has 11 heteroatoms. The third-order valence-corrected chi connectivity index (χ3v) is 7.99. The van der Waals surface area contributed by atoms with E-state index >= 15 is 0 Å². The first-order chi connectivity index (χ1) is 16.7. The molecule has 1 saturated carbocycles. The molecule has 2 aliphatic heterocycles. The second-order valence-corrected chi connectivity index (χ2v) is 10.5. The number of carbonyl (C=O) groups excluding carboxylic acids is 3. The SMILES string of the molecule is C[C@H](N=C1NS(=O)(=O)c2ccccc21)C(=O)OCC(=O)N1c2ccccc2NC(=O)C12CCCC2. The molecule has 2 aromatic carbocycles. The number of anilines is 2. The molecule has 0 aromatic heterocycles. The molecule has 2 heterocycles. The number of benzene rings is 2. The van der Waals surface area contributed by atoms with E-state index in [0.717, 1.165) is 12.8 Å². The summed E-state index contributed by atoms with van der Waals surface area (Å²) in [6, 6.07) is 12.3. The lowest BCUT2D eigenvalue weighted by Gasteiger charge is -2.44. The smallest absolute Gasteiger partial charge is 0.331 e. The highest BCUT2D eigenvalue weighted by molar-refractivity contribution is 7.90. The number of esters is 1. The highest BCUT2D eigenvalue weighted by Crippen LogP contribution is 2.45. The molecule has 0 saturated heterocycles. The Balaban J connectivity index is 1.33. The first kappa shape index (κ1) is 23.0. The summed E-state index contributed by atoms with van der Waals surface area (Å²) in [5, 5.41) is 2.90. The predicted octanol–water partition coefficient (Wildman–Crippen LogP) is 1.95. The van der Waals surface area contributed by atoms with E-state index in [1.165, 1.54) is 17.9 Å². The first-order valence-electron chi connectivity index (χ1n) is 11.3. The van der Waals surface area contributed by atoms with Gasteiger partial charge in [-0.1, -0.05) is 37.1 Å². The lowest BCUT2D eigenvalue weighted by Crippen LogP contribution is -2.61. The fraction of sp³-hybridized carbons (Fsp3) is 0.333. The van der Waals surface area contributed by atoms with E-state index in [9.17, 15) is 22.8 Å². The van der Waals surface area contributed by atoms with Gasteiger partial charge in [0.2, 0.25) is 0 Å². The minimum absolute atomic E-state index is 0.0444. The number of nitrogens with zero attached hydrogens (tertiary/aromatic N) is 2. The van der Waals surface area contributed by atoms with Crippen molar-refractivity contribution in [1.29, 1.82) is 0 Å². The number of ether oxygens (including phenoxy) is 1. The number of sulfonamides is 1. The molecule has 0 radical (unpaired) electrons. The number of nitrogens with one attached hydrogen (secondary N) is 2. The van der Waals surface area contributed by atoms with Crippen molar-refractivity contribution in [1.82, 2.24) is 4.72 Å². The number of rotatable bonds is 4. The fourth-order valence-electron chi connectivity index (χ4n) is 4.92. The Bertz CT molecular complexity index is 1360. The molecule has 5 rings (SSSR count). The molecule has 2 N–H and O–H groups in total. The summed E-state index contributed by atoms with van der Waals surface area (Å²) in [6.45, 7) is 0.886. The van der Waals surface area contributed by atoms with Gasteiger partial charge in [-0.2, -0.15) is 0 Å². The molecule has 182 valence electrons. The molecule has 1 fully saturated rings. The number of carbonyl (C=O) groups is 3. The maximum Gasteiger partial charge on any atom is 0.331 e. The number of amidine groups is 1. The Labute approximate surface area is 202 Å². The van der Waals surface area contributed by atoms with Crippen molar-refractivity contribution in [2.24, 2.45) is 4.99 Å². The summed E-state index contributed by atoms with van der Waals surface area (Å²) in [5.74, 6) is -1.48. The van der Waals surface area contributed by atoms with E-state index in [4.69, 9.17) is 4.74 Å². The van der Waals surface area contributed by atoms with E-state index < -0.39 is 40.1 Å². The summed E-state index contributed by atoms with van der Waals surface area (Å²) in [7, 11) is -3.74. The summed E-state index contributed by atoms with van der Waals surface area (Å²) in [4.78, 5) is 44.7. The van der Waals surface area contributed by atoms with Gasteiger partial charge in [0.25, 0.3) is 21.8 Å². The topological polar surface area (TPSA) is 134 Å². The average Bonchev–Trinajstić information content (AvgIpc) is 3.42. The molecule has 2 amide bonds. The Hall–Kier alpha value is -3.73. The molecular formula is C24H24N4O6S. The van der Waals surface area contributed by atoms with Crippen LogP contribution < -0.4 is 14.9 Å². The minimum Gasteiger partial charge on any atom is -0.454 e. The Kier molecular flexibility index (Phi) is 5.59. The van der Waals surface area contributed by atoms with Crippen molar-refractivity contribution >= 4 is 45.0 Å². The second kappa shape index (κ2) is 8.49. The third kappa shape index (κ3) is 3.85. The van der Waals surface area contributed by atoms with Crippen molar-refractivity contribution in [3.8, 4) is 0 Å². The zero-order chi connectivity index (χ0) is 24.8.